The van der Waals surface area contributed by atoms with Crippen molar-refractivity contribution in [2.24, 2.45) is 0 Å². The van der Waals surface area contributed by atoms with Gasteiger partial charge in [-0.3, -0.25) is 5.32 Å². The van der Waals surface area contributed by atoms with E-state index < -0.39 is 9.84 Å². The molecule has 6 heteroatoms. The Bertz CT molecular complexity index is 747. The summed E-state index contributed by atoms with van der Waals surface area (Å²) >= 11 is 1.68. The van der Waals surface area contributed by atoms with E-state index in [1.807, 2.05) is 25.3 Å². The molecule has 0 aliphatic heterocycles. The molecule has 0 radical (unpaired) electrons. The zero-order valence-corrected chi connectivity index (χ0v) is 15.2. The minimum absolute atomic E-state index is 0.0906. The van der Waals surface area contributed by atoms with E-state index >= 15 is 0 Å². The Hall–Kier alpha value is -1.24. The van der Waals surface area contributed by atoms with Crippen molar-refractivity contribution >= 4 is 21.2 Å². The molecule has 0 aliphatic carbocycles. The Morgan fingerprint density at radius 1 is 1.23 bits per heavy atom. The maximum absolute atomic E-state index is 11.5. The van der Waals surface area contributed by atoms with Crippen LogP contribution in [-0.4, -0.2) is 19.7 Å². The fourth-order valence-corrected chi connectivity index (χ4v) is 3.79. The third-order valence-corrected chi connectivity index (χ3v) is 5.91. The average Bonchev–Trinajstić information content (AvgIpc) is 2.85. The molecule has 1 unspecified atom stereocenters. The second-order valence-corrected chi connectivity index (χ2v) is 9.36. The topological polar surface area (TPSA) is 59.1 Å². The van der Waals surface area contributed by atoms with E-state index in [9.17, 15) is 8.42 Å². The molecular weight excluding hydrogens is 316 g/mol. The molecule has 1 aromatic carbocycles. The molecule has 2 aromatic rings. The first-order valence-corrected chi connectivity index (χ1v) is 9.81. The summed E-state index contributed by atoms with van der Waals surface area (Å²) in [5.74, 6) is 0. The van der Waals surface area contributed by atoms with Crippen molar-refractivity contribution in [3.8, 4) is 0 Å². The van der Waals surface area contributed by atoms with Crippen LogP contribution in [0.1, 0.15) is 42.3 Å². The Morgan fingerprint density at radius 3 is 2.27 bits per heavy atom. The van der Waals surface area contributed by atoms with Crippen molar-refractivity contribution in [3.05, 3.63) is 45.9 Å². The summed E-state index contributed by atoms with van der Waals surface area (Å²) in [6.45, 7) is 8.32. The summed E-state index contributed by atoms with van der Waals surface area (Å²) in [6, 6.07) is 7.12. The maximum atomic E-state index is 11.5. The number of benzene rings is 1. The molecule has 0 saturated heterocycles. The average molecular weight is 338 g/mol. The molecule has 0 amide bonds. The second kappa shape index (κ2) is 6.10. The lowest BCUT2D eigenvalue weighted by Gasteiger charge is -2.28. The van der Waals surface area contributed by atoms with Gasteiger partial charge in [0.25, 0.3) is 0 Å². The highest BCUT2D eigenvalue weighted by atomic mass is 32.2. The largest absolute Gasteiger partial charge is 0.299 e. The number of hydrogen-bond donors (Lipinski definition) is 1. The van der Waals surface area contributed by atoms with Gasteiger partial charge in [0.15, 0.2) is 9.84 Å². The molecule has 1 atom stereocenters. The first-order valence-electron chi connectivity index (χ1n) is 7.10. The van der Waals surface area contributed by atoms with Crippen LogP contribution in [0.5, 0.6) is 0 Å². The molecule has 1 N–H and O–H groups in total. The van der Waals surface area contributed by atoms with Gasteiger partial charge in [0.1, 0.15) is 5.01 Å². The minimum atomic E-state index is -3.15. The van der Waals surface area contributed by atoms with E-state index in [0.29, 0.717) is 4.90 Å². The van der Waals surface area contributed by atoms with Crippen LogP contribution in [0.2, 0.25) is 0 Å². The summed E-state index contributed by atoms with van der Waals surface area (Å²) in [7, 11) is -3.15. The molecule has 120 valence electrons. The molecule has 22 heavy (non-hydrogen) atoms. The predicted molar refractivity (Wildman–Crippen MR) is 91.0 cm³/mol. The Kier molecular flexibility index (Phi) is 4.75. The van der Waals surface area contributed by atoms with Gasteiger partial charge in [-0.15, -0.1) is 11.3 Å². The molecule has 0 bridgehead atoms. The van der Waals surface area contributed by atoms with Crippen LogP contribution in [0.4, 0.5) is 0 Å². The molecule has 0 fully saturated rings. The third kappa shape index (κ3) is 3.94. The Balaban J connectivity index is 2.16. The molecule has 2 rings (SSSR count). The van der Waals surface area contributed by atoms with Crippen LogP contribution in [-0.2, 0) is 15.4 Å². The first kappa shape index (κ1) is 17.1. The van der Waals surface area contributed by atoms with Crippen molar-refractivity contribution < 1.29 is 8.42 Å². The Morgan fingerprint density at radius 2 is 1.82 bits per heavy atom. The Labute approximate surface area is 136 Å². The fraction of sp³-hybridized carbons (Fsp3) is 0.438. The molecule has 4 nitrogen and oxygen atoms in total. The SMILES string of the molecule is Cc1cnc(C(C)(C)NC(C)c2ccc(S(C)(=O)=O)cc2)s1. The van der Waals surface area contributed by atoms with Gasteiger partial charge in [-0.2, -0.15) is 0 Å². The van der Waals surface area contributed by atoms with Gasteiger partial charge in [0, 0.05) is 23.4 Å². The van der Waals surface area contributed by atoms with Gasteiger partial charge in [-0.1, -0.05) is 12.1 Å². The minimum Gasteiger partial charge on any atom is -0.299 e. The van der Waals surface area contributed by atoms with Gasteiger partial charge in [0.05, 0.1) is 10.4 Å². The van der Waals surface area contributed by atoms with Crippen molar-refractivity contribution in [3.63, 3.8) is 0 Å². The number of aryl methyl sites for hydroxylation is 1. The highest BCUT2D eigenvalue weighted by Crippen LogP contribution is 2.28. The number of hydrogen-bond acceptors (Lipinski definition) is 5. The molecule has 1 heterocycles. The predicted octanol–water partition coefficient (Wildman–Crippen LogP) is 3.44. The number of thiazole rings is 1. The second-order valence-electron chi connectivity index (χ2n) is 6.11. The van der Waals surface area contributed by atoms with Crippen molar-refractivity contribution in [1.29, 1.82) is 0 Å². The van der Waals surface area contributed by atoms with Gasteiger partial charge >= 0.3 is 0 Å². The van der Waals surface area contributed by atoms with Crippen LogP contribution in [0.3, 0.4) is 0 Å². The third-order valence-electron chi connectivity index (χ3n) is 3.54. The van der Waals surface area contributed by atoms with E-state index in [0.717, 1.165) is 10.6 Å². The smallest absolute Gasteiger partial charge is 0.175 e. The van der Waals surface area contributed by atoms with Crippen LogP contribution < -0.4 is 5.32 Å². The van der Waals surface area contributed by atoms with Crippen molar-refractivity contribution in [2.45, 2.75) is 44.2 Å². The van der Waals surface area contributed by atoms with Gasteiger partial charge in [-0.25, -0.2) is 13.4 Å². The number of nitrogens with one attached hydrogen (secondary N) is 1. The summed E-state index contributed by atoms with van der Waals surface area (Å²) < 4.78 is 23.0. The summed E-state index contributed by atoms with van der Waals surface area (Å²) in [6.07, 6.45) is 3.10. The monoisotopic (exact) mass is 338 g/mol. The van der Waals surface area contributed by atoms with Crippen LogP contribution in [0, 0.1) is 6.92 Å². The quantitative estimate of drug-likeness (QED) is 0.907. The zero-order valence-electron chi connectivity index (χ0n) is 13.5. The summed E-state index contributed by atoms with van der Waals surface area (Å²) in [5, 5.41) is 4.60. The highest BCUT2D eigenvalue weighted by molar-refractivity contribution is 7.90. The van der Waals surface area contributed by atoms with Gasteiger partial charge in [-0.05, 0) is 45.4 Å². The van der Waals surface area contributed by atoms with Crippen LogP contribution in [0.25, 0.3) is 0 Å². The van der Waals surface area contributed by atoms with Crippen LogP contribution in [0.15, 0.2) is 35.4 Å². The lowest BCUT2D eigenvalue weighted by molar-refractivity contribution is 0.356. The fourth-order valence-electron chi connectivity index (χ4n) is 2.33. The van der Waals surface area contributed by atoms with E-state index in [1.54, 1.807) is 23.5 Å². The first-order chi connectivity index (χ1) is 10.1. The molecule has 0 saturated carbocycles. The number of nitrogens with zero attached hydrogens (tertiary/aromatic N) is 1. The number of sulfone groups is 1. The van der Waals surface area contributed by atoms with E-state index in [-0.39, 0.29) is 11.6 Å². The van der Waals surface area contributed by atoms with E-state index in [2.05, 4.69) is 31.1 Å². The standard InChI is InChI=1S/C16H22N2O2S2/c1-11-10-17-15(21-11)16(3,4)18-12(2)13-6-8-14(9-7-13)22(5,19)20/h6-10,12,18H,1-5H3. The zero-order chi connectivity index (χ0) is 16.5. The van der Waals surface area contributed by atoms with Crippen molar-refractivity contribution in [2.75, 3.05) is 6.26 Å². The maximum Gasteiger partial charge on any atom is 0.175 e. The number of rotatable bonds is 5. The van der Waals surface area contributed by atoms with Gasteiger partial charge < -0.3 is 0 Å². The van der Waals surface area contributed by atoms with Crippen molar-refractivity contribution in [1.82, 2.24) is 10.3 Å². The van der Waals surface area contributed by atoms with E-state index in [1.165, 1.54) is 11.1 Å². The normalized spacial score (nSPS) is 14.0. The highest BCUT2D eigenvalue weighted by Gasteiger charge is 2.26. The summed E-state index contributed by atoms with van der Waals surface area (Å²) in [4.78, 5) is 5.99. The molecule has 0 aliphatic rings. The summed E-state index contributed by atoms with van der Waals surface area (Å²) in [5.41, 5.74) is 0.808. The molecular formula is C16H22N2O2S2. The lowest BCUT2D eigenvalue weighted by Crippen LogP contribution is -2.38. The lowest BCUT2D eigenvalue weighted by atomic mass is 10.0. The number of aromatic nitrogens is 1. The van der Waals surface area contributed by atoms with Gasteiger partial charge in [0.2, 0.25) is 0 Å². The molecule has 0 spiro atoms. The molecule has 1 aromatic heterocycles. The van der Waals surface area contributed by atoms with Crippen LogP contribution >= 0.6 is 11.3 Å². The van der Waals surface area contributed by atoms with E-state index in [4.69, 9.17) is 0 Å².